The fourth-order valence-electron chi connectivity index (χ4n) is 2.09. The molecule has 0 atom stereocenters. The molecule has 4 rings (SSSR count). The standard InChI is InChI=1S/C15H10N4S/c1-2-5-12-10(4-1)8-11(9-17-12)18-15-19-13-6-3-7-16-14(13)20-15/h1-9H,(H,18,19). The summed E-state index contributed by atoms with van der Waals surface area (Å²) in [7, 11) is 0. The summed E-state index contributed by atoms with van der Waals surface area (Å²) in [6.45, 7) is 0. The number of hydrogen-bond acceptors (Lipinski definition) is 5. The molecule has 4 aromatic rings. The zero-order valence-corrected chi connectivity index (χ0v) is 11.3. The first kappa shape index (κ1) is 11.3. The molecule has 4 nitrogen and oxygen atoms in total. The molecule has 1 aromatic carbocycles. The predicted octanol–water partition coefficient (Wildman–Crippen LogP) is 3.98. The van der Waals surface area contributed by atoms with Crippen molar-refractivity contribution >= 4 is 43.4 Å². The van der Waals surface area contributed by atoms with E-state index in [0.717, 1.165) is 32.1 Å². The van der Waals surface area contributed by atoms with E-state index in [0.29, 0.717) is 0 Å². The van der Waals surface area contributed by atoms with Crippen molar-refractivity contribution < 1.29 is 0 Å². The molecule has 0 aliphatic rings. The van der Waals surface area contributed by atoms with Crippen LogP contribution in [0.3, 0.4) is 0 Å². The van der Waals surface area contributed by atoms with Crippen LogP contribution in [0.5, 0.6) is 0 Å². The number of pyridine rings is 2. The van der Waals surface area contributed by atoms with Gasteiger partial charge in [0.2, 0.25) is 0 Å². The summed E-state index contributed by atoms with van der Waals surface area (Å²) in [4.78, 5) is 14.2. The number of nitrogens with one attached hydrogen (secondary N) is 1. The molecule has 96 valence electrons. The van der Waals surface area contributed by atoms with Gasteiger partial charge in [-0.15, -0.1) is 0 Å². The number of benzene rings is 1. The molecule has 0 amide bonds. The van der Waals surface area contributed by atoms with Crippen LogP contribution < -0.4 is 5.32 Å². The van der Waals surface area contributed by atoms with Gasteiger partial charge in [0.05, 0.1) is 17.4 Å². The Balaban J connectivity index is 1.72. The molecule has 0 saturated carbocycles. The maximum Gasteiger partial charge on any atom is 0.189 e. The fraction of sp³-hybridized carbons (Fsp3) is 0. The SMILES string of the molecule is c1ccc2ncc(Nc3nc4cccnc4s3)cc2c1. The highest BCUT2D eigenvalue weighted by Gasteiger charge is 2.05. The monoisotopic (exact) mass is 278 g/mol. The Labute approximate surface area is 119 Å². The minimum absolute atomic E-state index is 0.829. The van der Waals surface area contributed by atoms with Crippen LogP contribution in [0, 0.1) is 0 Å². The summed E-state index contributed by atoms with van der Waals surface area (Å²) in [6.07, 6.45) is 3.60. The van der Waals surface area contributed by atoms with Gasteiger partial charge in [-0.3, -0.25) is 4.98 Å². The molecular formula is C15H10N4S. The van der Waals surface area contributed by atoms with E-state index in [1.54, 1.807) is 6.20 Å². The second-order valence-electron chi connectivity index (χ2n) is 4.39. The molecule has 0 saturated heterocycles. The number of fused-ring (bicyclic) bond motifs is 2. The average molecular weight is 278 g/mol. The highest BCUT2D eigenvalue weighted by Crippen LogP contribution is 2.27. The summed E-state index contributed by atoms with van der Waals surface area (Å²) in [5, 5.41) is 5.23. The zero-order chi connectivity index (χ0) is 13.4. The molecule has 0 unspecified atom stereocenters. The molecule has 3 aromatic heterocycles. The number of aromatic nitrogens is 3. The summed E-state index contributed by atoms with van der Waals surface area (Å²) in [5.41, 5.74) is 2.83. The van der Waals surface area contributed by atoms with E-state index in [-0.39, 0.29) is 0 Å². The molecule has 0 radical (unpaired) electrons. The van der Waals surface area contributed by atoms with Crippen LogP contribution in [-0.4, -0.2) is 15.0 Å². The van der Waals surface area contributed by atoms with Gasteiger partial charge < -0.3 is 5.32 Å². The molecule has 1 N–H and O–H groups in total. The van der Waals surface area contributed by atoms with Crippen LogP contribution in [0.25, 0.3) is 21.3 Å². The summed E-state index contributed by atoms with van der Waals surface area (Å²) < 4.78 is 0. The van der Waals surface area contributed by atoms with Crippen LogP contribution in [0.4, 0.5) is 10.8 Å². The van der Waals surface area contributed by atoms with Gasteiger partial charge in [-0.25, -0.2) is 9.97 Å². The highest BCUT2D eigenvalue weighted by molar-refractivity contribution is 7.21. The summed E-state index contributed by atoms with van der Waals surface area (Å²) in [5.74, 6) is 0. The molecule has 0 bridgehead atoms. The van der Waals surface area contributed by atoms with E-state index in [1.165, 1.54) is 11.3 Å². The highest BCUT2D eigenvalue weighted by atomic mass is 32.1. The van der Waals surface area contributed by atoms with Crippen LogP contribution >= 0.6 is 11.3 Å². The van der Waals surface area contributed by atoms with Gasteiger partial charge in [0, 0.05) is 11.6 Å². The van der Waals surface area contributed by atoms with Gasteiger partial charge in [0.25, 0.3) is 0 Å². The van der Waals surface area contributed by atoms with Crippen LogP contribution in [0.2, 0.25) is 0 Å². The van der Waals surface area contributed by atoms with Crippen molar-refractivity contribution in [2.24, 2.45) is 0 Å². The minimum Gasteiger partial charge on any atom is -0.330 e. The van der Waals surface area contributed by atoms with E-state index in [4.69, 9.17) is 0 Å². The van der Waals surface area contributed by atoms with Crippen LogP contribution in [0.15, 0.2) is 54.9 Å². The first-order valence-corrected chi connectivity index (χ1v) is 7.03. The lowest BCUT2D eigenvalue weighted by Crippen LogP contribution is -1.90. The number of anilines is 2. The maximum absolute atomic E-state index is 4.51. The molecule has 0 aliphatic heterocycles. The number of rotatable bonds is 2. The minimum atomic E-state index is 0.829. The van der Waals surface area contributed by atoms with E-state index >= 15 is 0 Å². The number of hydrogen-bond donors (Lipinski definition) is 1. The number of para-hydroxylation sites is 1. The van der Waals surface area contributed by atoms with Gasteiger partial charge in [-0.2, -0.15) is 0 Å². The van der Waals surface area contributed by atoms with Crippen molar-refractivity contribution in [1.82, 2.24) is 15.0 Å². The van der Waals surface area contributed by atoms with Crippen LogP contribution in [-0.2, 0) is 0 Å². The van der Waals surface area contributed by atoms with Gasteiger partial charge in [-0.1, -0.05) is 29.5 Å². The van der Waals surface area contributed by atoms with Gasteiger partial charge in [0.15, 0.2) is 5.13 Å². The normalized spacial score (nSPS) is 11.0. The molecule has 0 fully saturated rings. The Morgan fingerprint density at radius 2 is 1.85 bits per heavy atom. The fourth-order valence-corrected chi connectivity index (χ4v) is 2.91. The van der Waals surface area contributed by atoms with Crippen molar-refractivity contribution in [3.8, 4) is 0 Å². The lowest BCUT2D eigenvalue weighted by atomic mass is 10.2. The molecular weight excluding hydrogens is 268 g/mol. The maximum atomic E-state index is 4.51. The topological polar surface area (TPSA) is 50.7 Å². The Hall–Kier alpha value is -2.53. The van der Waals surface area contributed by atoms with E-state index < -0.39 is 0 Å². The Morgan fingerprint density at radius 3 is 2.80 bits per heavy atom. The second kappa shape index (κ2) is 4.54. The number of thiazole rings is 1. The number of nitrogens with zero attached hydrogens (tertiary/aromatic N) is 3. The smallest absolute Gasteiger partial charge is 0.189 e. The zero-order valence-electron chi connectivity index (χ0n) is 10.4. The molecule has 0 spiro atoms. The van der Waals surface area contributed by atoms with Crippen LogP contribution in [0.1, 0.15) is 0 Å². The molecule has 5 heteroatoms. The van der Waals surface area contributed by atoms with Gasteiger partial charge in [-0.05, 0) is 24.3 Å². The van der Waals surface area contributed by atoms with E-state index in [1.807, 2.05) is 42.6 Å². The predicted molar refractivity (Wildman–Crippen MR) is 82.4 cm³/mol. The third-order valence-electron chi connectivity index (χ3n) is 3.01. The second-order valence-corrected chi connectivity index (χ2v) is 5.37. The Morgan fingerprint density at radius 1 is 0.950 bits per heavy atom. The average Bonchev–Trinajstić information content (AvgIpc) is 2.89. The first-order valence-electron chi connectivity index (χ1n) is 6.22. The van der Waals surface area contributed by atoms with Crippen molar-refractivity contribution in [1.29, 1.82) is 0 Å². The first-order chi connectivity index (χ1) is 9.88. The lowest BCUT2D eigenvalue weighted by molar-refractivity contribution is 1.37. The third kappa shape index (κ3) is 1.98. The Kier molecular flexibility index (Phi) is 2.57. The van der Waals surface area contributed by atoms with E-state index in [2.05, 4.69) is 26.3 Å². The van der Waals surface area contributed by atoms with E-state index in [9.17, 15) is 0 Å². The van der Waals surface area contributed by atoms with Gasteiger partial charge in [0.1, 0.15) is 10.3 Å². The third-order valence-corrected chi connectivity index (χ3v) is 3.90. The quantitative estimate of drug-likeness (QED) is 0.602. The Bertz CT molecular complexity index is 867. The largest absolute Gasteiger partial charge is 0.330 e. The van der Waals surface area contributed by atoms with Crippen molar-refractivity contribution in [2.75, 3.05) is 5.32 Å². The lowest BCUT2D eigenvalue weighted by Gasteiger charge is -2.03. The molecule has 3 heterocycles. The molecule has 0 aliphatic carbocycles. The molecule has 20 heavy (non-hydrogen) atoms. The summed E-state index contributed by atoms with van der Waals surface area (Å²) >= 11 is 1.54. The van der Waals surface area contributed by atoms with Crippen molar-refractivity contribution in [3.63, 3.8) is 0 Å². The van der Waals surface area contributed by atoms with Gasteiger partial charge >= 0.3 is 0 Å². The van der Waals surface area contributed by atoms with Crippen molar-refractivity contribution in [3.05, 3.63) is 54.9 Å². The summed E-state index contributed by atoms with van der Waals surface area (Å²) in [6, 6.07) is 14.0. The van der Waals surface area contributed by atoms with Crippen molar-refractivity contribution in [2.45, 2.75) is 0 Å².